The van der Waals surface area contributed by atoms with Gasteiger partial charge in [0.2, 0.25) is 11.5 Å². The lowest BCUT2D eigenvalue weighted by Crippen LogP contribution is -2.71. The summed E-state index contributed by atoms with van der Waals surface area (Å²) in [6.45, 7) is 0.843. The van der Waals surface area contributed by atoms with Gasteiger partial charge in [-0.2, -0.15) is 9.36 Å². The molecule has 0 spiro atoms. The Balaban J connectivity index is 1.73. The summed E-state index contributed by atoms with van der Waals surface area (Å²) in [5.41, 5.74) is 5.10. The molecule has 16 heteroatoms. The minimum absolute atomic E-state index is 0.0856. The van der Waals surface area contributed by atoms with Gasteiger partial charge in [-0.15, -0.1) is 11.8 Å². The van der Waals surface area contributed by atoms with Crippen LogP contribution in [0, 0.1) is 0 Å². The molecule has 33 heavy (non-hydrogen) atoms. The zero-order valence-corrected chi connectivity index (χ0v) is 18.9. The molecule has 3 rings (SSSR count). The number of ketones is 1. The number of nitrogens with one attached hydrogen (secondary N) is 1. The van der Waals surface area contributed by atoms with Crippen LogP contribution in [0.15, 0.2) is 16.4 Å². The van der Waals surface area contributed by atoms with Crippen LogP contribution in [0.5, 0.6) is 0 Å². The molecule has 4 N–H and O–H groups in total. The average molecular weight is 498 g/mol. The van der Waals surface area contributed by atoms with E-state index in [1.165, 1.54) is 25.8 Å². The van der Waals surface area contributed by atoms with Crippen LogP contribution < -0.4 is 11.1 Å². The zero-order valence-electron chi connectivity index (χ0n) is 17.3. The first-order valence-corrected chi connectivity index (χ1v) is 11.0. The van der Waals surface area contributed by atoms with Crippen molar-refractivity contribution >= 4 is 63.7 Å². The number of nitrogens with zero attached hydrogens (tertiary/aromatic N) is 4. The molecule has 2 aliphatic rings. The van der Waals surface area contributed by atoms with E-state index in [4.69, 9.17) is 10.5 Å². The average Bonchev–Trinajstić information content (AvgIpc) is 3.18. The summed E-state index contributed by atoms with van der Waals surface area (Å²) in [6, 6.07) is -1.04. The number of carboxylic acid groups (broad SMARTS) is 1. The van der Waals surface area contributed by atoms with Gasteiger partial charge in [0.15, 0.2) is 5.13 Å². The highest BCUT2D eigenvalue weighted by molar-refractivity contribution is 8.00. The van der Waals surface area contributed by atoms with E-state index in [0.29, 0.717) is 0 Å². The maximum absolute atomic E-state index is 12.7. The van der Waals surface area contributed by atoms with Crippen LogP contribution in [0.25, 0.3) is 0 Å². The molecule has 14 nitrogen and oxygen atoms in total. The number of carbonyl (C=O) groups excluding carboxylic acids is 4. The molecule has 3 heterocycles. The lowest BCUT2D eigenvalue weighted by atomic mass is 10.0. The van der Waals surface area contributed by atoms with E-state index < -0.39 is 47.4 Å². The second-order valence-electron chi connectivity index (χ2n) is 6.74. The van der Waals surface area contributed by atoms with Crippen LogP contribution in [0.2, 0.25) is 0 Å². The van der Waals surface area contributed by atoms with Crippen molar-refractivity contribution in [3.8, 4) is 0 Å². The molecule has 0 unspecified atom stereocenters. The largest absolute Gasteiger partial charge is 0.477 e. The number of rotatable bonds is 9. The maximum atomic E-state index is 12.7. The summed E-state index contributed by atoms with van der Waals surface area (Å²) in [4.78, 5) is 69.4. The fourth-order valence-corrected chi connectivity index (χ4v) is 4.79. The second-order valence-corrected chi connectivity index (χ2v) is 8.62. The number of hydrogen-bond acceptors (Lipinski definition) is 13. The molecule has 1 aromatic rings. The Labute approximate surface area is 194 Å². The van der Waals surface area contributed by atoms with E-state index in [1.807, 2.05) is 0 Å². The van der Waals surface area contributed by atoms with Gasteiger partial charge in [-0.25, -0.2) is 4.79 Å². The Morgan fingerprint density at radius 2 is 2.09 bits per heavy atom. The van der Waals surface area contributed by atoms with E-state index in [2.05, 4.69) is 24.7 Å². The number of ether oxygens (including phenoxy) is 1. The third-order valence-electron chi connectivity index (χ3n) is 4.39. The van der Waals surface area contributed by atoms with Gasteiger partial charge in [0.25, 0.3) is 11.8 Å². The minimum Gasteiger partial charge on any atom is -0.477 e. The summed E-state index contributed by atoms with van der Waals surface area (Å²) < 4.78 is 8.85. The number of oxime groups is 1. The highest BCUT2D eigenvalue weighted by Crippen LogP contribution is 2.40. The summed E-state index contributed by atoms with van der Waals surface area (Å²) in [6.07, 6.45) is -0.437. The highest BCUT2D eigenvalue weighted by atomic mass is 32.2. The minimum atomic E-state index is -1.39. The van der Waals surface area contributed by atoms with E-state index in [-0.39, 0.29) is 40.3 Å². The smallest absolute Gasteiger partial charge is 0.352 e. The molecule has 0 aliphatic carbocycles. The summed E-state index contributed by atoms with van der Waals surface area (Å²) in [5.74, 6) is -4.02. The van der Waals surface area contributed by atoms with Crippen LogP contribution in [0.3, 0.4) is 0 Å². The third-order valence-corrected chi connectivity index (χ3v) is 6.27. The van der Waals surface area contributed by atoms with Crippen molar-refractivity contribution in [3.63, 3.8) is 0 Å². The summed E-state index contributed by atoms with van der Waals surface area (Å²) >= 11 is 2.02. The van der Waals surface area contributed by atoms with Crippen molar-refractivity contribution in [2.45, 2.75) is 24.8 Å². The molecule has 0 aromatic carbocycles. The number of aliphatic carboxylic acids is 1. The third kappa shape index (κ3) is 5.11. The first kappa shape index (κ1) is 24.1. The standard InChI is InChI=1S/C17H18N6O8S2/c1-6(24)3-8(25)31-4-7-5-32-15-10(14(27)23(15)11(7)16(28)29)19-13(26)9(21-30-2)12-20-17(18)33-22-12/h10,15H,3-5H2,1-2H3,(H,19,26)(H,28,29)(H2,18,20,22)/b21-9+/t10-,15-/m1/s1. The zero-order chi connectivity index (χ0) is 24.3. The number of Topliss-reactive ketones (excluding diaryl/α,β-unsaturated/α-hetero) is 1. The topological polar surface area (TPSA) is 203 Å². The molecule has 1 aromatic heterocycles. The predicted octanol–water partition coefficient (Wildman–Crippen LogP) is -1.27. The number of anilines is 1. The van der Waals surface area contributed by atoms with Gasteiger partial charge in [-0.05, 0) is 6.92 Å². The molecule has 2 aliphatic heterocycles. The number of carbonyl (C=O) groups is 5. The number of nitrogens with two attached hydrogens (primary N) is 1. The predicted molar refractivity (Wildman–Crippen MR) is 114 cm³/mol. The molecule has 2 amide bonds. The van der Waals surface area contributed by atoms with E-state index in [9.17, 15) is 29.1 Å². The van der Waals surface area contributed by atoms with Crippen molar-refractivity contribution in [2.75, 3.05) is 25.2 Å². The Hall–Kier alpha value is -3.53. The Bertz CT molecular complexity index is 1080. The van der Waals surface area contributed by atoms with Crippen LogP contribution >= 0.6 is 23.3 Å². The molecule has 0 bridgehead atoms. The van der Waals surface area contributed by atoms with E-state index in [1.54, 1.807) is 0 Å². The van der Waals surface area contributed by atoms with Crippen molar-refractivity contribution in [2.24, 2.45) is 5.16 Å². The second kappa shape index (κ2) is 9.95. The normalized spacial score (nSPS) is 20.0. The van der Waals surface area contributed by atoms with Gasteiger partial charge in [0, 0.05) is 22.9 Å². The summed E-state index contributed by atoms with van der Waals surface area (Å²) in [5, 5.41) is 15.1. The first-order valence-electron chi connectivity index (χ1n) is 9.20. The van der Waals surface area contributed by atoms with Crippen molar-refractivity contribution in [3.05, 3.63) is 17.1 Å². The number of esters is 1. The number of carboxylic acids is 1. The number of hydrogen-bond donors (Lipinski definition) is 3. The molecular weight excluding hydrogens is 480 g/mol. The van der Waals surface area contributed by atoms with Crippen LogP contribution in [-0.4, -0.2) is 85.5 Å². The van der Waals surface area contributed by atoms with Gasteiger partial charge in [-0.3, -0.25) is 24.1 Å². The number of amides is 2. The Morgan fingerprint density at radius 3 is 2.67 bits per heavy atom. The number of aromatic nitrogens is 2. The Kier molecular flexibility index (Phi) is 7.27. The van der Waals surface area contributed by atoms with Crippen LogP contribution in [-0.2, 0) is 33.5 Å². The lowest BCUT2D eigenvalue weighted by Gasteiger charge is -2.49. The quantitative estimate of drug-likeness (QED) is 0.120. The van der Waals surface area contributed by atoms with Gasteiger partial charge in [0.05, 0.1) is 0 Å². The van der Waals surface area contributed by atoms with Crippen molar-refractivity contribution in [1.82, 2.24) is 19.6 Å². The van der Waals surface area contributed by atoms with Gasteiger partial charge >= 0.3 is 11.9 Å². The van der Waals surface area contributed by atoms with Crippen LogP contribution in [0.1, 0.15) is 19.2 Å². The SMILES string of the molecule is CO/N=C(/C(=O)N[C@@H]1C(=O)N2C(C(=O)O)=C(COC(=O)CC(C)=O)CS[C@H]12)c1nsc(N)n1. The van der Waals surface area contributed by atoms with Gasteiger partial charge < -0.3 is 25.7 Å². The van der Waals surface area contributed by atoms with E-state index >= 15 is 0 Å². The molecule has 1 fully saturated rings. The molecule has 1 saturated heterocycles. The highest BCUT2D eigenvalue weighted by Gasteiger charge is 2.54. The molecule has 0 saturated carbocycles. The van der Waals surface area contributed by atoms with Crippen LogP contribution in [0.4, 0.5) is 5.13 Å². The fraction of sp³-hybridized carbons (Fsp3) is 0.412. The number of thioether (sulfide) groups is 1. The van der Waals surface area contributed by atoms with Crippen molar-refractivity contribution in [1.29, 1.82) is 0 Å². The van der Waals surface area contributed by atoms with E-state index in [0.717, 1.165) is 16.4 Å². The Morgan fingerprint density at radius 1 is 1.36 bits per heavy atom. The molecular formula is C17H18N6O8S2. The number of nitrogen functional groups attached to an aromatic ring is 1. The monoisotopic (exact) mass is 498 g/mol. The first-order chi connectivity index (χ1) is 15.6. The summed E-state index contributed by atoms with van der Waals surface area (Å²) in [7, 11) is 1.21. The maximum Gasteiger partial charge on any atom is 0.352 e. The number of β-lactam (4-membered cyclic amide) rings is 1. The molecule has 176 valence electrons. The molecule has 2 atom stereocenters. The van der Waals surface area contributed by atoms with Gasteiger partial charge in [-0.1, -0.05) is 5.16 Å². The van der Waals surface area contributed by atoms with Crippen molar-refractivity contribution < 1.29 is 38.7 Å². The number of fused-ring (bicyclic) bond motifs is 1. The van der Waals surface area contributed by atoms with Gasteiger partial charge in [0.1, 0.15) is 43.0 Å². The fourth-order valence-electron chi connectivity index (χ4n) is 3.03. The molecule has 0 radical (unpaired) electrons. The lowest BCUT2D eigenvalue weighted by molar-refractivity contribution is -0.150.